The van der Waals surface area contributed by atoms with Gasteiger partial charge in [0.05, 0.1) is 5.69 Å². The Morgan fingerprint density at radius 1 is 1.26 bits per heavy atom. The molecule has 0 amide bonds. The van der Waals surface area contributed by atoms with Gasteiger partial charge in [0.15, 0.2) is 0 Å². The lowest BCUT2D eigenvalue weighted by atomic mass is 10.2. The molecule has 0 bridgehead atoms. The highest BCUT2D eigenvalue weighted by atomic mass is 32.2. The fraction of sp³-hybridized carbons (Fsp3) is 0.643. The molecule has 0 fully saturated rings. The van der Waals surface area contributed by atoms with Gasteiger partial charge in [0.2, 0.25) is 5.88 Å². The van der Waals surface area contributed by atoms with E-state index in [1.54, 1.807) is 0 Å². The largest absolute Gasteiger partial charge is 0.470 e. The van der Waals surface area contributed by atoms with Crippen molar-refractivity contribution in [2.45, 2.75) is 45.0 Å². The van der Waals surface area contributed by atoms with Gasteiger partial charge in [-0.25, -0.2) is 0 Å². The smallest absolute Gasteiger partial charge is 0.239 e. The molecule has 4 nitrogen and oxygen atoms in total. The minimum Gasteiger partial charge on any atom is -0.470 e. The summed E-state index contributed by atoms with van der Waals surface area (Å²) in [6.07, 6.45) is 2.10. The van der Waals surface area contributed by atoms with E-state index in [1.165, 1.54) is 0 Å². The Labute approximate surface area is 120 Å². The van der Waals surface area contributed by atoms with E-state index in [0.29, 0.717) is 11.6 Å². The van der Waals surface area contributed by atoms with Crippen LogP contribution in [0.5, 0.6) is 5.88 Å². The van der Waals surface area contributed by atoms with Crippen LogP contribution in [-0.4, -0.2) is 28.1 Å². The number of pyridine rings is 1. The molecule has 108 valence electrons. The molecule has 3 N–H and O–H groups in total. The van der Waals surface area contributed by atoms with Crippen molar-refractivity contribution >= 4 is 23.3 Å². The van der Waals surface area contributed by atoms with Crippen LogP contribution in [0.15, 0.2) is 12.1 Å². The van der Waals surface area contributed by atoms with Gasteiger partial charge in [0, 0.05) is 11.3 Å². The lowest BCUT2D eigenvalue weighted by Gasteiger charge is -2.24. The molecule has 0 aliphatic rings. The summed E-state index contributed by atoms with van der Waals surface area (Å²) in [6, 6.07) is 3.70. The molecule has 5 heteroatoms. The lowest BCUT2D eigenvalue weighted by molar-refractivity contribution is 0.125. The van der Waals surface area contributed by atoms with Crippen LogP contribution >= 0.6 is 11.8 Å². The predicted octanol–water partition coefficient (Wildman–Crippen LogP) is 3.39. The average Bonchev–Trinajstić information content (AvgIpc) is 2.28. The van der Waals surface area contributed by atoms with Gasteiger partial charge in [0.25, 0.3) is 0 Å². The summed E-state index contributed by atoms with van der Waals surface area (Å²) in [5, 5.41) is 3.32. The first kappa shape index (κ1) is 16.0. The van der Waals surface area contributed by atoms with Gasteiger partial charge in [-0.15, -0.1) is 0 Å². The van der Waals surface area contributed by atoms with E-state index in [1.807, 2.05) is 44.7 Å². The maximum absolute atomic E-state index is 5.89. The number of nitrogens with one attached hydrogen (secondary N) is 1. The van der Waals surface area contributed by atoms with Crippen LogP contribution in [0.4, 0.5) is 11.5 Å². The number of aromatic nitrogens is 1. The molecular formula is C14H25N3OS. The lowest BCUT2D eigenvalue weighted by Crippen LogP contribution is -2.27. The second-order valence-electron chi connectivity index (χ2n) is 6.12. The van der Waals surface area contributed by atoms with Gasteiger partial charge in [-0.05, 0) is 53.0 Å². The van der Waals surface area contributed by atoms with Gasteiger partial charge in [-0.1, -0.05) is 0 Å². The molecule has 1 heterocycles. The number of hydrogen-bond acceptors (Lipinski definition) is 5. The van der Waals surface area contributed by atoms with Crippen molar-refractivity contribution in [3.05, 3.63) is 12.1 Å². The van der Waals surface area contributed by atoms with E-state index in [0.717, 1.165) is 12.4 Å². The monoisotopic (exact) mass is 283 g/mol. The molecule has 0 radical (unpaired) electrons. The highest BCUT2D eigenvalue weighted by Gasteiger charge is 2.18. The van der Waals surface area contributed by atoms with Gasteiger partial charge in [-0.2, -0.15) is 16.7 Å². The molecule has 0 saturated heterocycles. The Kier molecular flexibility index (Phi) is 4.96. The molecule has 0 atom stereocenters. The molecule has 1 aromatic rings. The Balaban J connectivity index is 2.79. The summed E-state index contributed by atoms with van der Waals surface area (Å²) in [5.74, 6) is 1.27. The van der Waals surface area contributed by atoms with Crippen LogP contribution in [-0.2, 0) is 0 Å². The predicted molar refractivity (Wildman–Crippen MR) is 85.1 cm³/mol. The topological polar surface area (TPSA) is 60.2 Å². The molecule has 0 spiro atoms. The minimum atomic E-state index is -0.307. The molecule has 0 unspecified atom stereocenters. The van der Waals surface area contributed by atoms with Gasteiger partial charge < -0.3 is 15.8 Å². The number of anilines is 2. The van der Waals surface area contributed by atoms with Crippen LogP contribution in [0.2, 0.25) is 0 Å². The number of nitrogens with zero attached hydrogens (tertiary/aromatic N) is 1. The summed E-state index contributed by atoms with van der Waals surface area (Å²) in [6.45, 7) is 11.1. The third-order valence-corrected chi connectivity index (χ3v) is 3.79. The van der Waals surface area contributed by atoms with Crippen LogP contribution in [0.3, 0.4) is 0 Å². The van der Waals surface area contributed by atoms with Crippen molar-refractivity contribution in [3.8, 4) is 5.88 Å². The first-order chi connectivity index (χ1) is 8.63. The Morgan fingerprint density at radius 2 is 1.89 bits per heavy atom. The second kappa shape index (κ2) is 5.90. The summed E-state index contributed by atoms with van der Waals surface area (Å²) in [5.41, 5.74) is 6.14. The van der Waals surface area contributed by atoms with E-state index in [9.17, 15) is 0 Å². The van der Waals surface area contributed by atoms with Crippen molar-refractivity contribution < 1.29 is 4.74 Å². The van der Waals surface area contributed by atoms with Crippen LogP contribution in [0.25, 0.3) is 0 Å². The van der Waals surface area contributed by atoms with Crippen molar-refractivity contribution in [2.24, 2.45) is 0 Å². The standard InChI is InChI=1S/C14H25N3OS/c1-13(2,3)18-12-10(15)7-8-11(17-12)16-9-14(4,5)19-6/h7-8H,9,15H2,1-6H3,(H,16,17). The highest BCUT2D eigenvalue weighted by Crippen LogP contribution is 2.26. The summed E-state index contributed by atoms with van der Waals surface area (Å²) >= 11 is 1.82. The molecule has 0 aromatic carbocycles. The molecule has 1 rings (SSSR count). The Bertz CT molecular complexity index is 427. The number of thioether (sulfide) groups is 1. The van der Waals surface area contributed by atoms with Gasteiger partial charge in [-0.3, -0.25) is 0 Å². The third-order valence-electron chi connectivity index (χ3n) is 2.54. The quantitative estimate of drug-likeness (QED) is 0.867. The number of nitrogens with two attached hydrogens (primary N) is 1. The Hall–Kier alpha value is -1.10. The first-order valence-electron chi connectivity index (χ1n) is 6.37. The van der Waals surface area contributed by atoms with E-state index in [4.69, 9.17) is 10.5 Å². The summed E-state index contributed by atoms with van der Waals surface area (Å²) in [7, 11) is 0. The maximum Gasteiger partial charge on any atom is 0.239 e. The minimum absolute atomic E-state index is 0.161. The summed E-state index contributed by atoms with van der Waals surface area (Å²) in [4.78, 5) is 4.43. The molecule has 1 aromatic heterocycles. The zero-order valence-electron chi connectivity index (χ0n) is 12.7. The second-order valence-corrected chi connectivity index (χ2v) is 7.64. The Morgan fingerprint density at radius 3 is 2.42 bits per heavy atom. The van der Waals surface area contributed by atoms with Gasteiger partial charge >= 0.3 is 0 Å². The van der Waals surface area contributed by atoms with Gasteiger partial charge in [0.1, 0.15) is 11.4 Å². The summed E-state index contributed by atoms with van der Waals surface area (Å²) < 4.78 is 5.91. The van der Waals surface area contributed by atoms with E-state index < -0.39 is 0 Å². The van der Waals surface area contributed by atoms with Crippen molar-refractivity contribution in [1.29, 1.82) is 0 Å². The van der Waals surface area contributed by atoms with Crippen molar-refractivity contribution in [1.82, 2.24) is 4.98 Å². The zero-order valence-corrected chi connectivity index (χ0v) is 13.5. The zero-order chi connectivity index (χ0) is 14.7. The van der Waals surface area contributed by atoms with E-state index in [2.05, 4.69) is 30.4 Å². The number of hydrogen-bond donors (Lipinski definition) is 2. The highest BCUT2D eigenvalue weighted by molar-refractivity contribution is 7.99. The maximum atomic E-state index is 5.89. The first-order valence-corrected chi connectivity index (χ1v) is 7.60. The number of ether oxygens (including phenoxy) is 1. The van der Waals surface area contributed by atoms with Crippen LogP contribution in [0, 0.1) is 0 Å². The fourth-order valence-electron chi connectivity index (χ4n) is 1.30. The molecule has 0 aliphatic carbocycles. The fourth-order valence-corrected chi connectivity index (χ4v) is 1.51. The molecular weight excluding hydrogens is 258 g/mol. The van der Waals surface area contributed by atoms with Crippen LogP contribution < -0.4 is 15.8 Å². The van der Waals surface area contributed by atoms with Crippen molar-refractivity contribution in [2.75, 3.05) is 23.9 Å². The molecule has 0 aliphatic heterocycles. The third kappa shape index (κ3) is 5.59. The number of rotatable bonds is 5. The molecule has 0 saturated carbocycles. The average molecular weight is 283 g/mol. The van der Waals surface area contributed by atoms with Crippen LogP contribution in [0.1, 0.15) is 34.6 Å². The molecule has 19 heavy (non-hydrogen) atoms. The van der Waals surface area contributed by atoms with Crippen molar-refractivity contribution in [3.63, 3.8) is 0 Å². The normalized spacial score (nSPS) is 12.3. The van der Waals surface area contributed by atoms with E-state index >= 15 is 0 Å². The number of nitrogen functional groups attached to an aromatic ring is 1. The SMILES string of the molecule is CSC(C)(C)CNc1ccc(N)c(OC(C)(C)C)n1. The van der Waals surface area contributed by atoms with E-state index in [-0.39, 0.29) is 10.3 Å².